The first-order chi connectivity index (χ1) is 12.3. The van der Waals surface area contributed by atoms with Gasteiger partial charge in [0.15, 0.2) is 0 Å². The number of benzene rings is 1. The minimum Gasteiger partial charge on any atom is -0.356 e. The van der Waals surface area contributed by atoms with Gasteiger partial charge in [0.1, 0.15) is 0 Å². The van der Waals surface area contributed by atoms with Crippen LogP contribution in [0.25, 0.3) is 0 Å². The summed E-state index contributed by atoms with van der Waals surface area (Å²) in [5.74, 6) is -0.119. The molecule has 0 saturated heterocycles. The molecule has 7 heteroatoms. The number of amides is 1. The second-order valence-corrected chi connectivity index (χ2v) is 9.10. The zero-order valence-electron chi connectivity index (χ0n) is 15.2. The Balaban J connectivity index is 1.79. The highest BCUT2D eigenvalue weighted by Gasteiger charge is 2.18. The number of allylic oxidation sites excluding steroid dienone is 1. The molecular formula is C19H27ClN2O3S. The van der Waals surface area contributed by atoms with Crippen LogP contribution in [0.15, 0.2) is 35.9 Å². The second kappa shape index (κ2) is 10.1. The fourth-order valence-electron chi connectivity index (χ4n) is 2.96. The maximum Gasteiger partial charge on any atom is 0.221 e. The number of nitrogens with one attached hydrogen (secondary N) is 1. The quantitative estimate of drug-likeness (QED) is 0.647. The molecule has 26 heavy (non-hydrogen) atoms. The van der Waals surface area contributed by atoms with E-state index in [9.17, 15) is 13.2 Å². The number of hydrogen-bond acceptors (Lipinski definition) is 3. The Hall–Kier alpha value is -1.37. The fraction of sp³-hybridized carbons (Fsp3) is 0.526. The Morgan fingerprint density at radius 2 is 1.96 bits per heavy atom. The first-order valence-electron chi connectivity index (χ1n) is 8.99. The van der Waals surface area contributed by atoms with Crippen molar-refractivity contribution in [1.29, 1.82) is 0 Å². The van der Waals surface area contributed by atoms with Crippen molar-refractivity contribution >= 4 is 27.5 Å². The summed E-state index contributed by atoms with van der Waals surface area (Å²) in [5, 5.41) is 3.49. The van der Waals surface area contributed by atoms with Crippen molar-refractivity contribution in [3.8, 4) is 0 Å². The third kappa shape index (κ3) is 7.48. The SMILES string of the molecule is CS(=O)(=O)N(CCC(=O)NCCC1=CCCCC1)Cc1ccc(Cl)cc1. The molecule has 0 saturated carbocycles. The molecule has 0 bridgehead atoms. The van der Waals surface area contributed by atoms with Crippen molar-refractivity contribution in [3.05, 3.63) is 46.5 Å². The Bertz CT molecular complexity index is 730. The van der Waals surface area contributed by atoms with E-state index in [4.69, 9.17) is 11.6 Å². The summed E-state index contributed by atoms with van der Waals surface area (Å²) in [5.41, 5.74) is 2.25. The molecule has 1 aliphatic carbocycles. The average molecular weight is 399 g/mol. The monoisotopic (exact) mass is 398 g/mol. The molecule has 0 aliphatic heterocycles. The zero-order valence-corrected chi connectivity index (χ0v) is 16.8. The minimum absolute atomic E-state index is 0.119. The van der Waals surface area contributed by atoms with Gasteiger partial charge >= 0.3 is 0 Å². The van der Waals surface area contributed by atoms with Gasteiger partial charge in [-0.25, -0.2) is 8.42 Å². The van der Waals surface area contributed by atoms with Gasteiger partial charge in [-0.15, -0.1) is 0 Å². The summed E-state index contributed by atoms with van der Waals surface area (Å²) in [4.78, 5) is 12.0. The van der Waals surface area contributed by atoms with E-state index >= 15 is 0 Å². The lowest BCUT2D eigenvalue weighted by Gasteiger charge is -2.20. The maximum atomic E-state index is 12.0. The molecule has 0 aromatic heterocycles. The van der Waals surface area contributed by atoms with E-state index in [1.807, 2.05) is 0 Å². The van der Waals surface area contributed by atoms with E-state index in [0.717, 1.165) is 31.1 Å². The van der Waals surface area contributed by atoms with Gasteiger partial charge in [0.05, 0.1) is 6.26 Å². The maximum absolute atomic E-state index is 12.0. The largest absolute Gasteiger partial charge is 0.356 e. The lowest BCUT2D eigenvalue weighted by atomic mass is 9.97. The van der Waals surface area contributed by atoms with E-state index in [1.165, 1.54) is 22.7 Å². The standard InChI is InChI=1S/C19H27ClN2O3S/c1-26(24,25)22(15-17-7-9-18(20)10-8-17)14-12-19(23)21-13-11-16-5-3-2-4-6-16/h5,7-10H,2-4,6,11-15H2,1H3,(H,21,23). The van der Waals surface area contributed by atoms with Gasteiger partial charge in [0, 0.05) is 31.1 Å². The molecule has 1 aromatic rings. The Labute approximate surface area is 161 Å². The van der Waals surface area contributed by atoms with Crippen LogP contribution < -0.4 is 5.32 Å². The highest BCUT2D eigenvalue weighted by molar-refractivity contribution is 7.88. The van der Waals surface area contributed by atoms with Crippen LogP contribution >= 0.6 is 11.6 Å². The number of carbonyl (C=O) groups is 1. The van der Waals surface area contributed by atoms with Crippen LogP contribution in [0.5, 0.6) is 0 Å². The predicted molar refractivity (Wildman–Crippen MR) is 106 cm³/mol. The molecule has 5 nitrogen and oxygen atoms in total. The summed E-state index contributed by atoms with van der Waals surface area (Å²) >= 11 is 5.86. The number of sulfonamides is 1. The minimum atomic E-state index is -3.40. The van der Waals surface area contributed by atoms with Gasteiger partial charge in [0.2, 0.25) is 15.9 Å². The Morgan fingerprint density at radius 1 is 1.23 bits per heavy atom. The van der Waals surface area contributed by atoms with Gasteiger partial charge < -0.3 is 5.32 Å². The topological polar surface area (TPSA) is 66.5 Å². The second-order valence-electron chi connectivity index (χ2n) is 6.68. The van der Waals surface area contributed by atoms with Gasteiger partial charge in [-0.1, -0.05) is 35.4 Å². The normalized spacial score (nSPS) is 15.0. The first kappa shape index (κ1) is 20.9. The summed E-state index contributed by atoms with van der Waals surface area (Å²) in [7, 11) is -3.40. The van der Waals surface area contributed by atoms with Crippen LogP contribution in [0.3, 0.4) is 0 Å². The summed E-state index contributed by atoms with van der Waals surface area (Å²) in [6.45, 7) is 1.01. The number of rotatable bonds is 9. The lowest BCUT2D eigenvalue weighted by Crippen LogP contribution is -2.34. The van der Waals surface area contributed by atoms with E-state index in [2.05, 4.69) is 11.4 Å². The number of hydrogen-bond donors (Lipinski definition) is 1. The van der Waals surface area contributed by atoms with Crippen molar-refractivity contribution in [1.82, 2.24) is 9.62 Å². The van der Waals surface area contributed by atoms with Gasteiger partial charge in [0.25, 0.3) is 0 Å². The summed E-state index contributed by atoms with van der Waals surface area (Å²) in [6, 6.07) is 7.03. The molecule has 0 radical (unpaired) electrons. The molecular weight excluding hydrogens is 372 g/mol. The number of halogens is 1. The highest BCUT2D eigenvalue weighted by atomic mass is 35.5. The average Bonchev–Trinajstić information content (AvgIpc) is 2.60. The smallest absolute Gasteiger partial charge is 0.221 e. The Kier molecular flexibility index (Phi) is 8.13. The van der Waals surface area contributed by atoms with Gasteiger partial charge in [-0.05, 0) is 49.8 Å². The predicted octanol–water partition coefficient (Wildman–Crippen LogP) is 3.50. The number of carbonyl (C=O) groups excluding carboxylic acids is 1. The van der Waals surface area contributed by atoms with Crippen LogP contribution in [0.4, 0.5) is 0 Å². The van der Waals surface area contributed by atoms with Crippen LogP contribution in [0, 0.1) is 0 Å². The van der Waals surface area contributed by atoms with E-state index in [1.54, 1.807) is 24.3 Å². The molecule has 1 aliphatic rings. The van der Waals surface area contributed by atoms with E-state index in [-0.39, 0.29) is 25.4 Å². The van der Waals surface area contributed by atoms with Gasteiger partial charge in [-0.3, -0.25) is 4.79 Å². The van der Waals surface area contributed by atoms with Crippen LogP contribution in [-0.2, 0) is 21.4 Å². The van der Waals surface area contributed by atoms with E-state index < -0.39 is 10.0 Å². The molecule has 1 amide bonds. The van der Waals surface area contributed by atoms with E-state index in [0.29, 0.717) is 11.6 Å². The molecule has 0 heterocycles. The van der Waals surface area contributed by atoms with Crippen molar-refractivity contribution in [2.45, 2.75) is 45.1 Å². The third-order valence-electron chi connectivity index (χ3n) is 4.48. The van der Waals surface area contributed by atoms with Crippen molar-refractivity contribution in [2.75, 3.05) is 19.3 Å². The molecule has 0 atom stereocenters. The van der Waals surface area contributed by atoms with Crippen molar-refractivity contribution < 1.29 is 13.2 Å². The molecule has 144 valence electrons. The van der Waals surface area contributed by atoms with Crippen LogP contribution in [0.2, 0.25) is 5.02 Å². The molecule has 0 spiro atoms. The molecule has 2 rings (SSSR count). The molecule has 0 fully saturated rings. The Morgan fingerprint density at radius 3 is 2.58 bits per heavy atom. The van der Waals surface area contributed by atoms with Crippen LogP contribution in [-0.4, -0.2) is 38.0 Å². The molecule has 1 N–H and O–H groups in total. The highest BCUT2D eigenvalue weighted by Crippen LogP contribution is 2.19. The number of nitrogens with zero attached hydrogens (tertiary/aromatic N) is 1. The zero-order chi connectivity index (χ0) is 19.0. The van der Waals surface area contributed by atoms with Crippen molar-refractivity contribution in [3.63, 3.8) is 0 Å². The third-order valence-corrected chi connectivity index (χ3v) is 5.98. The first-order valence-corrected chi connectivity index (χ1v) is 11.2. The molecule has 0 unspecified atom stereocenters. The van der Waals surface area contributed by atoms with Crippen molar-refractivity contribution in [2.24, 2.45) is 0 Å². The summed E-state index contributed by atoms with van der Waals surface area (Å²) in [6.07, 6.45) is 9.21. The molecule has 1 aromatic carbocycles. The lowest BCUT2D eigenvalue weighted by molar-refractivity contribution is -0.121. The fourth-order valence-corrected chi connectivity index (χ4v) is 3.90. The van der Waals surface area contributed by atoms with Gasteiger partial charge in [-0.2, -0.15) is 4.31 Å². The van der Waals surface area contributed by atoms with Crippen LogP contribution in [0.1, 0.15) is 44.1 Å². The summed E-state index contributed by atoms with van der Waals surface area (Å²) < 4.78 is 25.3.